The quantitative estimate of drug-likeness (QED) is 0.0905. The molecule has 0 aromatic heterocycles. The van der Waals surface area contributed by atoms with Gasteiger partial charge >= 0.3 is 10.6 Å². The molecule has 4 rings (SSSR count). The predicted octanol–water partition coefficient (Wildman–Crippen LogP) is 5.11. The van der Waals surface area contributed by atoms with Gasteiger partial charge in [0.15, 0.2) is 5.75 Å². The summed E-state index contributed by atoms with van der Waals surface area (Å²) in [6, 6.07) is 17.7. The van der Waals surface area contributed by atoms with Gasteiger partial charge < -0.3 is 10.8 Å². The molecule has 15 nitrogen and oxygen atoms in total. The van der Waals surface area contributed by atoms with Crippen LogP contribution in [0.25, 0.3) is 10.8 Å². The number of azo groups is 2. The first-order chi connectivity index (χ1) is 18.4. The molecule has 0 heterocycles. The summed E-state index contributed by atoms with van der Waals surface area (Å²) in [6.07, 6.45) is 0. The number of non-ortho nitro benzene ring substituents is 1. The topological polar surface area (TPSA) is 244 Å². The molecule has 0 atom stereocenters. The number of fused-ring (bicyclic) bond motifs is 1. The number of nitro groups is 1. The summed E-state index contributed by atoms with van der Waals surface area (Å²) in [6.45, 7) is 0. The van der Waals surface area contributed by atoms with Crippen LogP contribution in [-0.2, 0) is 20.7 Å². The average molecular weight is 573 g/mol. The predicted molar refractivity (Wildman–Crippen MR) is 137 cm³/mol. The number of benzene rings is 4. The van der Waals surface area contributed by atoms with Gasteiger partial charge in [0, 0.05) is 12.1 Å². The molecule has 0 amide bonds. The van der Waals surface area contributed by atoms with Crippen LogP contribution < -0.4 is 5.73 Å². The third-order valence-corrected chi connectivity index (χ3v) is 5.74. The number of nitrogen functional groups attached to an aromatic ring is 1. The number of nitro benzene ring substituents is 1. The number of hydrogen-bond acceptors (Lipinski definition) is 13. The molecule has 0 aliphatic heterocycles. The van der Waals surface area contributed by atoms with E-state index in [1.54, 1.807) is 30.3 Å². The van der Waals surface area contributed by atoms with Crippen LogP contribution in [0.4, 0.5) is 34.1 Å². The standard InChI is InChI=1S/C22H16N6O6S.O3S/c23-20-17(26-24-15-7-9-16(10-8-15)28(30)31)11-6-13-12-18(35(32,33)34)21(22(29)19(13)20)27-25-14-4-2-1-3-5-14;1-4(2)3/h1-12,29H,23H2,(H,32,33,34);. The Labute approximate surface area is 220 Å². The largest absolute Gasteiger partial charge is 0.505 e. The molecular formula is C22H16N6O9S2. The lowest BCUT2D eigenvalue weighted by atomic mass is 10.1. The van der Waals surface area contributed by atoms with Crippen LogP contribution >= 0.6 is 0 Å². The molecule has 0 aliphatic carbocycles. The number of anilines is 1. The third kappa shape index (κ3) is 7.22. The summed E-state index contributed by atoms with van der Waals surface area (Å²) in [5, 5.41) is 37.7. The van der Waals surface area contributed by atoms with Gasteiger partial charge in [0.05, 0.1) is 27.4 Å². The molecule has 17 heteroatoms. The van der Waals surface area contributed by atoms with Crippen molar-refractivity contribution in [3.05, 3.63) is 82.9 Å². The van der Waals surface area contributed by atoms with E-state index in [1.165, 1.54) is 36.4 Å². The molecule has 0 bridgehead atoms. The maximum atomic E-state index is 12.0. The van der Waals surface area contributed by atoms with Gasteiger partial charge in [-0.2, -0.15) is 18.6 Å². The van der Waals surface area contributed by atoms with E-state index in [9.17, 15) is 28.2 Å². The Morgan fingerprint density at radius 3 is 1.97 bits per heavy atom. The maximum absolute atomic E-state index is 12.0. The third-order valence-electron chi connectivity index (χ3n) is 4.87. The van der Waals surface area contributed by atoms with Gasteiger partial charge in [-0.25, -0.2) is 0 Å². The van der Waals surface area contributed by atoms with Crippen LogP contribution in [0, 0.1) is 10.1 Å². The Balaban J connectivity index is 0.000000983. The molecule has 0 spiro atoms. The first-order valence-corrected chi connectivity index (χ1v) is 12.8. The molecule has 4 N–H and O–H groups in total. The van der Waals surface area contributed by atoms with E-state index in [2.05, 4.69) is 20.5 Å². The van der Waals surface area contributed by atoms with Crippen molar-refractivity contribution >= 4 is 65.6 Å². The number of rotatable bonds is 6. The normalized spacial score (nSPS) is 11.4. The highest BCUT2D eigenvalue weighted by molar-refractivity contribution is 7.86. The summed E-state index contributed by atoms with van der Waals surface area (Å²) < 4.78 is 59.0. The lowest BCUT2D eigenvalue weighted by molar-refractivity contribution is -0.384. The van der Waals surface area contributed by atoms with E-state index in [0.29, 0.717) is 11.4 Å². The summed E-state index contributed by atoms with van der Waals surface area (Å²) in [5.41, 5.74) is 6.39. The van der Waals surface area contributed by atoms with E-state index in [1.807, 2.05) is 0 Å². The van der Waals surface area contributed by atoms with Gasteiger partial charge in [0.2, 0.25) is 0 Å². The Bertz CT molecular complexity index is 1820. The first-order valence-electron chi connectivity index (χ1n) is 10.3. The van der Waals surface area contributed by atoms with Crippen molar-refractivity contribution in [2.75, 3.05) is 5.73 Å². The number of phenolic OH excluding ortho intramolecular Hbond substituents is 1. The van der Waals surface area contributed by atoms with Crippen molar-refractivity contribution < 1.29 is 35.6 Å². The van der Waals surface area contributed by atoms with Crippen molar-refractivity contribution in [3.63, 3.8) is 0 Å². The molecule has 0 unspecified atom stereocenters. The molecular weight excluding hydrogens is 556 g/mol. The van der Waals surface area contributed by atoms with Gasteiger partial charge in [-0.15, -0.1) is 22.9 Å². The lowest BCUT2D eigenvalue weighted by Crippen LogP contribution is -2.00. The van der Waals surface area contributed by atoms with Gasteiger partial charge in [0.25, 0.3) is 15.8 Å². The zero-order chi connectivity index (χ0) is 28.7. The molecule has 4 aromatic carbocycles. The Morgan fingerprint density at radius 2 is 1.41 bits per heavy atom. The van der Waals surface area contributed by atoms with Crippen LogP contribution in [0.3, 0.4) is 0 Å². The van der Waals surface area contributed by atoms with Crippen molar-refractivity contribution in [1.29, 1.82) is 0 Å². The van der Waals surface area contributed by atoms with Gasteiger partial charge in [-0.3, -0.25) is 14.7 Å². The Hall–Kier alpha value is -5.13. The fourth-order valence-electron chi connectivity index (χ4n) is 3.19. The second-order valence-corrected chi connectivity index (χ2v) is 9.15. The van der Waals surface area contributed by atoms with Gasteiger partial charge in [-0.1, -0.05) is 24.3 Å². The van der Waals surface area contributed by atoms with E-state index < -0.39 is 42.0 Å². The molecule has 0 aliphatic rings. The zero-order valence-corrected chi connectivity index (χ0v) is 20.9. The zero-order valence-electron chi connectivity index (χ0n) is 19.3. The minimum Gasteiger partial charge on any atom is -0.505 e. The lowest BCUT2D eigenvalue weighted by Gasteiger charge is -2.11. The second-order valence-electron chi connectivity index (χ2n) is 7.36. The molecule has 4 aromatic rings. The fraction of sp³-hybridized carbons (Fsp3) is 0. The van der Waals surface area contributed by atoms with Crippen molar-refractivity contribution in [2.24, 2.45) is 20.5 Å². The van der Waals surface area contributed by atoms with Gasteiger partial charge in [0.1, 0.15) is 16.3 Å². The highest BCUT2D eigenvalue weighted by atomic mass is 32.2. The molecule has 0 saturated heterocycles. The molecule has 0 radical (unpaired) electrons. The summed E-state index contributed by atoms with van der Waals surface area (Å²) >= 11 is 0. The van der Waals surface area contributed by atoms with Crippen molar-refractivity contribution in [1.82, 2.24) is 0 Å². The number of nitrogens with two attached hydrogens (primary N) is 1. The van der Waals surface area contributed by atoms with Crippen LogP contribution in [0.2, 0.25) is 0 Å². The molecule has 0 saturated carbocycles. The number of aromatic hydroxyl groups is 1. The SMILES string of the molecule is Nc1c(N=Nc2ccc([N+](=O)[O-])cc2)ccc2cc(S(=O)(=O)O)c(N=Nc3ccccc3)c(O)c12.O=S(=O)=O. The second kappa shape index (κ2) is 11.9. The van der Waals surface area contributed by atoms with E-state index in [4.69, 9.17) is 18.4 Å². The van der Waals surface area contributed by atoms with Crippen LogP contribution in [0.15, 0.2) is 98.1 Å². The van der Waals surface area contributed by atoms with Crippen LogP contribution in [-0.4, -0.2) is 35.6 Å². The van der Waals surface area contributed by atoms with Crippen LogP contribution in [0.5, 0.6) is 5.75 Å². The highest BCUT2D eigenvalue weighted by Crippen LogP contribution is 2.46. The Kier molecular flexibility index (Phi) is 8.71. The van der Waals surface area contributed by atoms with Gasteiger partial charge in [-0.05, 0) is 41.8 Å². The number of hydrogen-bond donors (Lipinski definition) is 3. The minimum absolute atomic E-state index is 0.0274. The summed E-state index contributed by atoms with van der Waals surface area (Å²) in [4.78, 5) is 9.58. The van der Waals surface area contributed by atoms with E-state index in [0.717, 1.165) is 6.07 Å². The summed E-state index contributed by atoms with van der Waals surface area (Å²) in [7, 11) is -7.89. The molecule has 0 fully saturated rings. The number of nitrogens with zero attached hydrogens (tertiary/aromatic N) is 5. The minimum atomic E-state index is -4.78. The fourth-order valence-corrected chi connectivity index (χ4v) is 3.85. The van der Waals surface area contributed by atoms with E-state index >= 15 is 0 Å². The maximum Gasteiger partial charge on any atom is 0.425 e. The average Bonchev–Trinajstić information content (AvgIpc) is 2.87. The molecule has 200 valence electrons. The van der Waals surface area contributed by atoms with Crippen molar-refractivity contribution in [3.8, 4) is 5.75 Å². The Morgan fingerprint density at radius 1 is 0.846 bits per heavy atom. The molecule has 39 heavy (non-hydrogen) atoms. The number of phenols is 1. The highest BCUT2D eigenvalue weighted by Gasteiger charge is 2.24. The van der Waals surface area contributed by atoms with Crippen LogP contribution in [0.1, 0.15) is 0 Å². The smallest absolute Gasteiger partial charge is 0.425 e. The van der Waals surface area contributed by atoms with Crippen molar-refractivity contribution in [2.45, 2.75) is 4.90 Å². The van der Waals surface area contributed by atoms with E-state index in [-0.39, 0.29) is 27.8 Å². The summed E-state index contributed by atoms with van der Waals surface area (Å²) in [5.74, 6) is -0.625. The first kappa shape index (κ1) is 28.4. The monoisotopic (exact) mass is 572 g/mol.